The Kier molecular flexibility index (Phi) is 6.96. The van der Waals surface area contributed by atoms with Crippen LogP contribution in [-0.2, 0) is 21.2 Å². The lowest BCUT2D eigenvalue weighted by Gasteiger charge is -2.03. The topological polar surface area (TPSA) is 68.5 Å². The van der Waals surface area contributed by atoms with Gasteiger partial charge >= 0.3 is 0 Å². The molecular formula is C20H16BrClN2O3S2. The molecule has 1 heterocycles. The summed E-state index contributed by atoms with van der Waals surface area (Å²) in [5, 5.41) is 0.466. The van der Waals surface area contributed by atoms with Gasteiger partial charge in [-0.15, -0.1) is 6.42 Å². The molecule has 150 valence electrons. The molecular weight excluding hydrogens is 496 g/mol. The molecule has 3 rings (SSSR count). The molecule has 29 heavy (non-hydrogen) atoms. The fourth-order valence-electron chi connectivity index (χ4n) is 2.71. The minimum atomic E-state index is -3.47. The number of carbonyl (C=O) groups is 1. The van der Waals surface area contributed by atoms with E-state index in [1.54, 1.807) is 4.57 Å². The molecule has 0 saturated heterocycles. The maximum absolute atomic E-state index is 12.4. The van der Waals surface area contributed by atoms with Crippen LogP contribution in [-0.4, -0.2) is 24.6 Å². The zero-order chi connectivity index (χ0) is 21.0. The second kappa shape index (κ2) is 9.26. The number of aromatic nitrogens is 1. The Hall–Kier alpha value is -1.92. The largest absolute Gasteiger partial charge is 0.305 e. The average Bonchev–Trinajstić information content (AvgIpc) is 2.98. The SMILES string of the molecule is C#CCn1c(=NC(=O)CCCS(=O)(=O)c2ccc(Cl)cc2)sc2cc(Br)ccc21. The summed E-state index contributed by atoms with van der Waals surface area (Å²) < 4.78 is 28.4. The molecule has 1 aromatic heterocycles. The van der Waals surface area contributed by atoms with Gasteiger partial charge in [-0.2, -0.15) is 4.99 Å². The van der Waals surface area contributed by atoms with Crippen molar-refractivity contribution < 1.29 is 13.2 Å². The van der Waals surface area contributed by atoms with E-state index in [1.807, 2.05) is 18.2 Å². The van der Waals surface area contributed by atoms with Crippen molar-refractivity contribution in [3.63, 3.8) is 0 Å². The fraction of sp³-hybridized carbons (Fsp3) is 0.200. The average molecular weight is 512 g/mol. The smallest absolute Gasteiger partial charge is 0.248 e. The molecule has 0 radical (unpaired) electrons. The van der Waals surface area contributed by atoms with E-state index in [2.05, 4.69) is 26.8 Å². The highest BCUT2D eigenvalue weighted by atomic mass is 79.9. The van der Waals surface area contributed by atoms with Crippen LogP contribution in [0.5, 0.6) is 0 Å². The third kappa shape index (κ3) is 5.37. The van der Waals surface area contributed by atoms with Crippen molar-refractivity contribution >= 4 is 64.8 Å². The normalized spacial score (nSPS) is 12.2. The molecule has 0 unspecified atom stereocenters. The molecule has 0 atom stereocenters. The Morgan fingerprint density at radius 1 is 1.24 bits per heavy atom. The van der Waals surface area contributed by atoms with Crippen LogP contribution in [0.25, 0.3) is 10.2 Å². The van der Waals surface area contributed by atoms with Crippen molar-refractivity contribution in [1.82, 2.24) is 4.57 Å². The van der Waals surface area contributed by atoms with Gasteiger partial charge in [0.1, 0.15) is 0 Å². The summed E-state index contributed by atoms with van der Waals surface area (Å²) in [4.78, 5) is 17.2. The van der Waals surface area contributed by atoms with Gasteiger partial charge in [0, 0.05) is 15.9 Å². The molecule has 5 nitrogen and oxygen atoms in total. The maximum atomic E-state index is 12.4. The van der Waals surface area contributed by atoms with Gasteiger partial charge in [0.25, 0.3) is 0 Å². The van der Waals surface area contributed by atoms with Crippen LogP contribution in [0.2, 0.25) is 5.02 Å². The lowest BCUT2D eigenvalue weighted by atomic mass is 10.3. The van der Waals surface area contributed by atoms with E-state index in [0.717, 1.165) is 14.7 Å². The third-order valence-corrected chi connectivity index (χ3v) is 7.69. The molecule has 0 bridgehead atoms. The number of hydrogen-bond acceptors (Lipinski definition) is 4. The Morgan fingerprint density at radius 2 is 1.97 bits per heavy atom. The fourth-order valence-corrected chi connectivity index (χ4v) is 5.75. The first-order valence-corrected chi connectivity index (χ1v) is 12.2. The highest BCUT2D eigenvalue weighted by molar-refractivity contribution is 9.10. The van der Waals surface area contributed by atoms with E-state index < -0.39 is 9.84 Å². The second-order valence-electron chi connectivity index (χ2n) is 6.17. The monoisotopic (exact) mass is 510 g/mol. The number of thiazole rings is 1. The quantitative estimate of drug-likeness (QED) is 0.460. The summed E-state index contributed by atoms with van der Waals surface area (Å²) >= 11 is 10.6. The number of nitrogens with zero attached hydrogens (tertiary/aromatic N) is 2. The van der Waals surface area contributed by atoms with Crippen molar-refractivity contribution in [2.75, 3.05) is 5.75 Å². The van der Waals surface area contributed by atoms with Crippen LogP contribution in [0.1, 0.15) is 12.8 Å². The van der Waals surface area contributed by atoms with E-state index >= 15 is 0 Å². The summed E-state index contributed by atoms with van der Waals surface area (Å²) in [6, 6.07) is 11.7. The molecule has 0 spiro atoms. The molecule has 0 saturated carbocycles. The number of amides is 1. The van der Waals surface area contributed by atoms with Crippen molar-refractivity contribution in [2.45, 2.75) is 24.3 Å². The Labute approximate surface area is 186 Å². The number of carbonyl (C=O) groups excluding carboxylic acids is 1. The van der Waals surface area contributed by atoms with Crippen LogP contribution in [0.4, 0.5) is 0 Å². The lowest BCUT2D eigenvalue weighted by molar-refractivity contribution is -0.118. The van der Waals surface area contributed by atoms with Gasteiger partial charge in [0.15, 0.2) is 14.6 Å². The molecule has 0 aliphatic carbocycles. The highest BCUT2D eigenvalue weighted by Crippen LogP contribution is 2.22. The summed E-state index contributed by atoms with van der Waals surface area (Å²) in [7, 11) is -3.47. The van der Waals surface area contributed by atoms with Crippen molar-refractivity contribution in [1.29, 1.82) is 0 Å². The minimum absolute atomic E-state index is 0.0286. The second-order valence-corrected chi connectivity index (χ2v) is 10.6. The van der Waals surface area contributed by atoms with Crippen molar-refractivity contribution in [3.8, 4) is 12.3 Å². The molecule has 0 fully saturated rings. The summed E-state index contributed by atoms with van der Waals surface area (Å²) in [6.45, 7) is 0.290. The zero-order valence-electron chi connectivity index (χ0n) is 15.1. The standard InChI is InChI=1S/C20H16BrClN2O3S2/c1-2-11-24-17-10-5-14(21)13-18(17)28-20(24)23-19(25)4-3-12-29(26,27)16-8-6-15(22)7-9-16/h1,5-10,13H,3-4,11-12H2. The van der Waals surface area contributed by atoms with Crippen LogP contribution < -0.4 is 4.80 Å². The summed E-state index contributed by atoms with van der Waals surface area (Å²) in [5.41, 5.74) is 0.896. The Balaban J connectivity index is 1.75. The number of halogens is 2. The number of fused-ring (bicyclic) bond motifs is 1. The van der Waals surface area contributed by atoms with Crippen molar-refractivity contribution in [3.05, 3.63) is 56.8 Å². The van der Waals surface area contributed by atoms with Gasteiger partial charge < -0.3 is 4.57 Å². The Bertz CT molecular complexity index is 1270. The zero-order valence-corrected chi connectivity index (χ0v) is 19.1. The number of hydrogen-bond donors (Lipinski definition) is 0. The van der Waals surface area contributed by atoms with Gasteiger partial charge in [-0.25, -0.2) is 8.42 Å². The maximum Gasteiger partial charge on any atom is 0.248 e. The van der Waals surface area contributed by atoms with Crippen molar-refractivity contribution in [2.24, 2.45) is 4.99 Å². The van der Waals surface area contributed by atoms with Gasteiger partial charge in [-0.05, 0) is 48.9 Å². The Morgan fingerprint density at radius 3 is 2.66 bits per heavy atom. The summed E-state index contributed by atoms with van der Waals surface area (Å²) in [5.74, 6) is 2.05. The predicted octanol–water partition coefficient (Wildman–Crippen LogP) is 4.43. The minimum Gasteiger partial charge on any atom is -0.305 e. The summed E-state index contributed by atoms with van der Waals surface area (Å²) in [6.07, 6.45) is 5.66. The van der Waals surface area contributed by atoms with Crippen LogP contribution in [0.3, 0.4) is 0 Å². The van der Waals surface area contributed by atoms with Gasteiger partial charge in [-0.3, -0.25) is 4.79 Å². The first-order valence-electron chi connectivity index (χ1n) is 8.58. The first-order chi connectivity index (χ1) is 13.8. The number of terminal acetylenes is 1. The van der Waals surface area contributed by atoms with E-state index in [4.69, 9.17) is 18.0 Å². The lowest BCUT2D eigenvalue weighted by Crippen LogP contribution is -2.16. The predicted molar refractivity (Wildman–Crippen MR) is 120 cm³/mol. The highest BCUT2D eigenvalue weighted by Gasteiger charge is 2.15. The third-order valence-electron chi connectivity index (χ3n) is 4.09. The van der Waals surface area contributed by atoms with Gasteiger partial charge in [0.05, 0.1) is 27.4 Å². The number of sulfone groups is 1. The number of benzene rings is 2. The van der Waals surface area contributed by atoms with Crippen LogP contribution in [0, 0.1) is 12.3 Å². The van der Waals surface area contributed by atoms with E-state index in [-0.39, 0.29) is 29.4 Å². The van der Waals surface area contributed by atoms with E-state index in [0.29, 0.717) is 16.4 Å². The van der Waals surface area contributed by atoms with Gasteiger partial charge in [0.2, 0.25) is 5.91 Å². The van der Waals surface area contributed by atoms with E-state index in [9.17, 15) is 13.2 Å². The molecule has 2 aromatic carbocycles. The van der Waals surface area contributed by atoms with E-state index in [1.165, 1.54) is 35.6 Å². The van der Waals surface area contributed by atoms with Crippen LogP contribution in [0.15, 0.2) is 56.8 Å². The molecule has 3 aromatic rings. The number of rotatable bonds is 6. The first kappa shape index (κ1) is 21.8. The molecule has 9 heteroatoms. The van der Waals surface area contributed by atoms with Gasteiger partial charge in [-0.1, -0.05) is 44.8 Å². The molecule has 0 aliphatic rings. The van der Waals surface area contributed by atoms with Crippen LogP contribution >= 0.6 is 38.9 Å². The molecule has 0 N–H and O–H groups in total. The molecule has 0 aliphatic heterocycles. The molecule has 1 amide bonds.